The van der Waals surface area contributed by atoms with E-state index < -0.39 is 0 Å². The molecule has 1 aromatic carbocycles. The quantitative estimate of drug-likeness (QED) is 0.868. The number of aliphatic imine (C=N–C) groups is 1. The molecule has 2 aliphatic rings. The third kappa shape index (κ3) is 3.26. The number of ether oxygens (including phenoxy) is 2. The fraction of sp³-hybridized carbons (Fsp3) is 0.467. The summed E-state index contributed by atoms with van der Waals surface area (Å²) >= 11 is 0. The van der Waals surface area contributed by atoms with Gasteiger partial charge >= 0.3 is 0 Å². The Morgan fingerprint density at radius 2 is 2.19 bits per heavy atom. The van der Waals surface area contributed by atoms with Crippen molar-refractivity contribution in [1.82, 2.24) is 10.6 Å². The number of rotatable bonds is 4. The summed E-state index contributed by atoms with van der Waals surface area (Å²) in [4.78, 5) is 16.2. The van der Waals surface area contributed by atoms with Crippen molar-refractivity contribution in [3.05, 3.63) is 23.8 Å². The van der Waals surface area contributed by atoms with E-state index >= 15 is 0 Å². The molecule has 1 aromatic rings. The number of nitrogens with one attached hydrogen (secondary N) is 2. The Hall–Kier alpha value is -2.24. The summed E-state index contributed by atoms with van der Waals surface area (Å²) in [5, 5.41) is 6.07. The number of amidine groups is 1. The first kappa shape index (κ1) is 13.7. The lowest BCUT2D eigenvalue weighted by molar-refractivity contribution is -0.120. The van der Waals surface area contributed by atoms with E-state index in [-0.39, 0.29) is 11.9 Å². The maximum atomic E-state index is 12.0. The summed E-state index contributed by atoms with van der Waals surface area (Å²) in [7, 11) is 0. The van der Waals surface area contributed by atoms with Gasteiger partial charge in [0.25, 0.3) is 0 Å². The Bertz CT molecular complexity index is 571. The highest BCUT2D eigenvalue weighted by molar-refractivity contribution is 6.00. The van der Waals surface area contributed by atoms with Crippen LogP contribution in [0.4, 0.5) is 0 Å². The van der Waals surface area contributed by atoms with Gasteiger partial charge in [0.2, 0.25) is 5.91 Å². The van der Waals surface area contributed by atoms with Crippen molar-refractivity contribution in [2.45, 2.75) is 19.4 Å². The van der Waals surface area contributed by atoms with E-state index in [0.29, 0.717) is 19.6 Å². The second-order valence-electron chi connectivity index (χ2n) is 5.12. The van der Waals surface area contributed by atoms with Gasteiger partial charge in [0, 0.05) is 6.54 Å². The van der Waals surface area contributed by atoms with Gasteiger partial charge in [-0.2, -0.15) is 0 Å². The lowest BCUT2D eigenvalue weighted by Crippen LogP contribution is -2.31. The molecule has 3 rings (SSSR count). The molecule has 1 amide bonds. The van der Waals surface area contributed by atoms with Gasteiger partial charge in [-0.05, 0) is 24.6 Å². The minimum absolute atomic E-state index is 0.0365. The molecule has 21 heavy (non-hydrogen) atoms. The van der Waals surface area contributed by atoms with E-state index in [9.17, 15) is 4.79 Å². The highest BCUT2D eigenvalue weighted by atomic mass is 16.6. The van der Waals surface area contributed by atoms with Gasteiger partial charge in [-0.15, -0.1) is 0 Å². The van der Waals surface area contributed by atoms with Crippen molar-refractivity contribution >= 4 is 11.7 Å². The highest BCUT2D eigenvalue weighted by Crippen LogP contribution is 2.32. The van der Waals surface area contributed by atoms with Crippen molar-refractivity contribution < 1.29 is 14.3 Å². The van der Waals surface area contributed by atoms with Gasteiger partial charge in [0.1, 0.15) is 19.0 Å². The fourth-order valence-corrected chi connectivity index (χ4v) is 2.42. The van der Waals surface area contributed by atoms with Gasteiger partial charge in [-0.3, -0.25) is 9.79 Å². The third-order valence-corrected chi connectivity index (χ3v) is 3.52. The molecule has 0 saturated carbocycles. The largest absolute Gasteiger partial charge is 0.486 e. The summed E-state index contributed by atoms with van der Waals surface area (Å²) in [6, 6.07) is 5.67. The van der Waals surface area contributed by atoms with Crippen LogP contribution in [-0.2, 0) is 4.79 Å². The van der Waals surface area contributed by atoms with E-state index in [0.717, 1.165) is 36.0 Å². The van der Waals surface area contributed by atoms with E-state index in [1.54, 1.807) is 0 Å². The molecule has 112 valence electrons. The number of amides is 1. The molecule has 0 saturated heterocycles. The first-order valence-corrected chi connectivity index (χ1v) is 7.18. The molecule has 0 fully saturated rings. The van der Waals surface area contributed by atoms with Crippen molar-refractivity contribution in [3.8, 4) is 11.5 Å². The smallest absolute Gasteiger partial charge is 0.228 e. The molecular formula is C15H19N3O3. The molecule has 1 unspecified atom stereocenters. The molecule has 2 aliphatic heterocycles. The minimum atomic E-state index is -0.0877. The van der Waals surface area contributed by atoms with Crippen LogP contribution in [0.2, 0.25) is 0 Å². The predicted molar refractivity (Wildman–Crippen MR) is 78.9 cm³/mol. The molecule has 2 N–H and O–H groups in total. The van der Waals surface area contributed by atoms with Gasteiger partial charge in [0.05, 0.1) is 19.0 Å². The molecule has 0 spiro atoms. The second-order valence-corrected chi connectivity index (χ2v) is 5.12. The maximum Gasteiger partial charge on any atom is 0.228 e. The zero-order chi connectivity index (χ0) is 14.7. The summed E-state index contributed by atoms with van der Waals surface area (Å²) in [6.07, 6.45) is 0.300. The topological polar surface area (TPSA) is 72.0 Å². The van der Waals surface area contributed by atoms with Gasteiger partial charge < -0.3 is 20.1 Å². The average Bonchev–Trinajstić information content (AvgIpc) is 2.99. The van der Waals surface area contributed by atoms with Gasteiger partial charge in [-0.25, -0.2) is 0 Å². The fourth-order valence-electron chi connectivity index (χ4n) is 2.42. The Labute approximate surface area is 123 Å². The van der Waals surface area contributed by atoms with Crippen LogP contribution in [0.15, 0.2) is 23.2 Å². The standard InChI is InChI=1S/C15H19N3O3/c1-10(18-15(19)9-14-16-4-5-17-14)11-2-3-12-13(8-11)21-7-6-20-12/h2-3,8,10H,4-7,9H2,1H3,(H,16,17)(H,18,19). The van der Waals surface area contributed by atoms with Crippen LogP contribution >= 0.6 is 0 Å². The second kappa shape index (κ2) is 6.03. The van der Waals surface area contributed by atoms with E-state index in [4.69, 9.17) is 9.47 Å². The average molecular weight is 289 g/mol. The Morgan fingerprint density at radius 1 is 1.38 bits per heavy atom. The molecule has 0 radical (unpaired) electrons. The van der Waals surface area contributed by atoms with Crippen LogP contribution in [0.25, 0.3) is 0 Å². The predicted octanol–water partition coefficient (Wildman–Crippen LogP) is 1.03. The summed E-state index contributed by atoms with van der Waals surface area (Å²) in [6.45, 7) is 4.66. The highest BCUT2D eigenvalue weighted by Gasteiger charge is 2.17. The molecule has 0 aliphatic carbocycles. The van der Waals surface area contributed by atoms with Crippen LogP contribution in [0.1, 0.15) is 24.9 Å². The molecule has 6 nitrogen and oxygen atoms in total. The summed E-state index contributed by atoms with van der Waals surface area (Å²) in [5.41, 5.74) is 0.994. The van der Waals surface area contributed by atoms with E-state index in [2.05, 4.69) is 15.6 Å². The van der Waals surface area contributed by atoms with E-state index in [1.165, 1.54) is 0 Å². The normalized spacial score (nSPS) is 17.7. The van der Waals surface area contributed by atoms with Crippen LogP contribution in [0.3, 0.4) is 0 Å². The molecular weight excluding hydrogens is 270 g/mol. The van der Waals surface area contributed by atoms with Crippen LogP contribution < -0.4 is 20.1 Å². The summed E-state index contributed by atoms with van der Waals surface area (Å²) in [5.74, 6) is 2.22. The Morgan fingerprint density at radius 3 is 2.95 bits per heavy atom. The first-order chi connectivity index (χ1) is 10.2. The van der Waals surface area contributed by atoms with Crippen LogP contribution in [-0.4, -0.2) is 38.0 Å². The Balaban J connectivity index is 1.62. The number of benzene rings is 1. The molecule has 6 heteroatoms. The number of carbonyl (C=O) groups is 1. The van der Waals surface area contributed by atoms with Crippen molar-refractivity contribution in [2.24, 2.45) is 4.99 Å². The zero-order valence-corrected chi connectivity index (χ0v) is 12.0. The number of fused-ring (bicyclic) bond motifs is 1. The van der Waals surface area contributed by atoms with Crippen LogP contribution in [0, 0.1) is 0 Å². The lowest BCUT2D eigenvalue weighted by Gasteiger charge is -2.21. The number of nitrogens with zero attached hydrogens (tertiary/aromatic N) is 1. The Kier molecular flexibility index (Phi) is 3.94. The van der Waals surface area contributed by atoms with Crippen LogP contribution in [0.5, 0.6) is 11.5 Å². The molecule has 1 atom stereocenters. The van der Waals surface area contributed by atoms with Gasteiger partial charge in [0.15, 0.2) is 11.5 Å². The lowest BCUT2D eigenvalue weighted by atomic mass is 10.1. The van der Waals surface area contributed by atoms with Crippen molar-refractivity contribution in [3.63, 3.8) is 0 Å². The van der Waals surface area contributed by atoms with E-state index in [1.807, 2.05) is 25.1 Å². The zero-order valence-electron chi connectivity index (χ0n) is 12.0. The van der Waals surface area contributed by atoms with Crippen molar-refractivity contribution in [1.29, 1.82) is 0 Å². The molecule has 0 bridgehead atoms. The number of carbonyl (C=O) groups excluding carboxylic acids is 1. The molecule has 0 aromatic heterocycles. The monoisotopic (exact) mass is 289 g/mol. The minimum Gasteiger partial charge on any atom is -0.486 e. The SMILES string of the molecule is CC(NC(=O)CC1=NCCN1)c1ccc2c(c1)OCCO2. The summed E-state index contributed by atoms with van der Waals surface area (Å²) < 4.78 is 11.1. The van der Waals surface area contributed by atoms with Gasteiger partial charge in [-0.1, -0.05) is 6.07 Å². The third-order valence-electron chi connectivity index (χ3n) is 3.52. The molecule has 2 heterocycles. The maximum absolute atomic E-state index is 12.0. The number of hydrogen-bond donors (Lipinski definition) is 2. The number of hydrogen-bond acceptors (Lipinski definition) is 5. The first-order valence-electron chi connectivity index (χ1n) is 7.18. The van der Waals surface area contributed by atoms with Crippen molar-refractivity contribution in [2.75, 3.05) is 26.3 Å².